The Labute approximate surface area is 160 Å². The maximum absolute atomic E-state index is 13.0. The van der Waals surface area contributed by atoms with E-state index in [0.29, 0.717) is 16.3 Å². The molecule has 0 fully saturated rings. The molecule has 0 radical (unpaired) electrons. The summed E-state index contributed by atoms with van der Waals surface area (Å²) in [4.78, 5) is 27.8. The van der Waals surface area contributed by atoms with Crippen molar-refractivity contribution >= 4 is 28.7 Å². The van der Waals surface area contributed by atoms with Gasteiger partial charge in [-0.3, -0.25) is 14.5 Å². The standard InChI is InChI=1S/C21H17NO4S/c1-2-13-7-9-14(10-8-13)22-18(15-5-3-11-26-15)17(20(24)21(22)25)19(23)16-6-4-12-27-16/h3-12,18,24H,2H2,1H3. The highest BCUT2D eigenvalue weighted by Gasteiger charge is 2.46. The first-order chi connectivity index (χ1) is 13.1. The van der Waals surface area contributed by atoms with Crippen LogP contribution in [-0.2, 0) is 11.2 Å². The van der Waals surface area contributed by atoms with Crippen molar-refractivity contribution in [3.8, 4) is 0 Å². The highest BCUT2D eigenvalue weighted by molar-refractivity contribution is 7.12. The van der Waals surface area contributed by atoms with Crippen LogP contribution in [0.1, 0.15) is 34.0 Å². The molecular weight excluding hydrogens is 362 g/mol. The molecule has 1 amide bonds. The molecule has 1 unspecified atom stereocenters. The Hall–Kier alpha value is -3.12. The van der Waals surface area contributed by atoms with Gasteiger partial charge in [-0.05, 0) is 47.7 Å². The van der Waals surface area contributed by atoms with E-state index < -0.39 is 17.7 Å². The normalized spacial score (nSPS) is 17.0. The number of nitrogens with zero attached hydrogens (tertiary/aromatic N) is 1. The summed E-state index contributed by atoms with van der Waals surface area (Å²) in [6.07, 6.45) is 2.36. The minimum absolute atomic E-state index is 0.0389. The van der Waals surface area contributed by atoms with E-state index >= 15 is 0 Å². The van der Waals surface area contributed by atoms with Crippen molar-refractivity contribution in [1.82, 2.24) is 0 Å². The zero-order valence-electron chi connectivity index (χ0n) is 14.6. The predicted octanol–water partition coefficient (Wildman–Crippen LogP) is 4.69. The third kappa shape index (κ3) is 2.88. The molecule has 3 heterocycles. The van der Waals surface area contributed by atoms with E-state index in [2.05, 4.69) is 0 Å². The Kier molecular flexibility index (Phi) is 4.41. The number of anilines is 1. The van der Waals surface area contributed by atoms with Gasteiger partial charge in [0.05, 0.1) is 16.7 Å². The molecule has 136 valence electrons. The topological polar surface area (TPSA) is 70.8 Å². The van der Waals surface area contributed by atoms with Gasteiger partial charge in [-0.1, -0.05) is 25.1 Å². The molecule has 27 heavy (non-hydrogen) atoms. The number of hydrogen-bond donors (Lipinski definition) is 1. The average Bonchev–Trinajstić information content (AvgIpc) is 3.44. The fourth-order valence-corrected chi connectivity index (χ4v) is 3.93. The predicted molar refractivity (Wildman–Crippen MR) is 103 cm³/mol. The van der Waals surface area contributed by atoms with Gasteiger partial charge in [-0.15, -0.1) is 11.3 Å². The van der Waals surface area contributed by atoms with Crippen LogP contribution in [0.4, 0.5) is 5.69 Å². The molecule has 1 aromatic carbocycles. The number of carbonyl (C=O) groups is 2. The average molecular weight is 379 g/mol. The lowest BCUT2D eigenvalue weighted by molar-refractivity contribution is -0.117. The van der Waals surface area contributed by atoms with Crippen LogP contribution in [0.15, 0.2) is 75.9 Å². The molecule has 5 nitrogen and oxygen atoms in total. The van der Waals surface area contributed by atoms with Crippen molar-refractivity contribution in [1.29, 1.82) is 0 Å². The van der Waals surface area contributed by atoms with Gasteiger partial charge in [0.15, 0.2) is 5.76 Å². The Morgan fingerprint density at radius 1 is 1.19 bits per heavy atom. The van der Waals surface area contributed by atoms with Crippen LogP contribution < -0.4 is 4.90 Å². The number of furan rings is 1. The number of rotatable bonds is 5. The van der Waals surface area contributed by atoms with E-state index in [1.165, 1.54) is 22.5 Å². The van der Waals surface area contributed by atoms with E-state index in [9.17, 15) is 14.7 Å². The van der Waals surface area contributed by atoms with Crippen molar-refractivity contribution in [2.45, 2.75) is 19.4 Å². The van der Waals surface area contributed by atoms with Crippen molar-refractivity contribution in [2.75, 3.05) is 4.90 Å². The Balaban J connectivity index is 1.83. The van der Waals surface area contributed by atoms with E-state index in [1.807, 2.05) is 31.2 Å². The molecule has 1 aliphatic heterocycles. The molecule has 1 N–H and O–H groups in total. The number of thiophene rings is 1. The van der Waals surface area contributed by atoms with Gasteiger partial charge in [0.1, 0.15) is 11.8 Å². The summed E-state index contributed by atoms with van der Waals surface area (Å²) >= 11 is 1.27. The van der Waals surface area contributed by atoms with Gasteiger partial charge in [-0.25, -0.2) is 0 Å². The molecule has 0 spiro atoms. The smallest absolute Gasteiger partial charge is 0.294 e. The molecule has 6 heteroatoms. The van der Waals surface area contributed by atoms with Gasteiger partial charge in [-0.2, -0.15) is 0 Å². The molecule has 0 saturated carbocycles. The Bertz CT molecular complexity index is 1000. The van der Waals surface area contributed by atoms with Crippen molar-refractivity contribution in [3.63, 3.8) is 0 Å². The van der Waals surface area contributed by atoms with Crippen LogP contribution in [0.5, 0.6) is 0 Å². The largest absolute Gasteiger partial charge is 0.503 e. The number of amides is 1. The number of Topliss-reactive ketones (excluding diaryl/α,β-unsaturated/α-hetero) is 1. The third-order valence-corrected chi connectivity index (χ3v) is 5.50. The van der Waals surface area contributed by atoms with Crippen LogP contribution in [0.3, 0.4) is 0 Å². The first-order valence-electron chi connectivity index (χ1n) is 8.59. The van der Waals surface area contributed by atoms with Crippen molar-refractivity contribution in [3.05, 3.63) is 87.7 Å². The highest BCUT2D eigenvalue weighted by Crippen LogP contribution is 2.42. The number of hydrogen-bond acceptors (Lipinski definition) is 5. The summed E-state index contributed by atoms with van der Waals surface area (Å²) in [5, 5.41) is 12.3. The molecular formula is C21H17NO4S. The minimum Gasteiger partial charge on any atom is -0.503 e. The lowest BCUT2D eigenvalue weighted by Crippen LogP contribution is -2.30. The second-order valence-electron chi connectivity index (χ2n) is 6.18. The van der Waals surface area contributed by atoms with E-state index in [0.717, 1.165) is 12.0 Å². The van der Waals surface area contributed by atoms with Crippen LogP contribution in [0, 0.1) is 0 Å². The molecule has 2 aromatic heterocycles. The number of aryl methyl sites for hydroxylation is 1. The maximum atomic E-state index is 13.0. The fraction of sp³-hybridized carbons (Fsp3) is 0.143. The van der Waals surface area contributed by atoms with Gasteiger partial charge in [0.25, 0.3) is 5.91 Å². The summed E-state index contributed by atoms with van der Waals surface area (Å²) in [5.74, 6) is -1.09. The van der Waals surface area contributed by atoms with Gasteiger partial charge >= 0.3 is 0 Å². The minimum atomic E-state index is -0.811. The quantitative estimate of drug-likeness (QED) is 0.653. The molecule has 0 bridgehead atoms. The lowest BCUT2D eigenvalue weighted by Gasteiger charge is -2.25. The van der Waals surface area contributed by atoms with Gasteiger partial charge in [0, 0.05) is 5.69 Å². The third-order valence-electron chi connectivity index (χ3n) is 4.63. The number of carbonyl (C=O) groups excluding carboxylic acids is 2. The summed E-state index contributed by atoms with van der Waals surface area (Å²) in [6.45, 7) is 2.05. The van der Waals surface area contributed by atoms with Crippen LogP contribution in [0.2, 0.25) is 0 Å². The zero-order chi connectivity index (χ0) is 19.0. The summed E-state index contributed by atoms with van der Waals surface area (Å²) in [5.41, 5.74) is 1.77. The Morgan fingerprint density at radius 3 is 2.56 bits per heavy atom. The second-order valence-corrected chi connectivity index (χ2v) is 7.13. The lowest BCUT2D eigenvalue weighted by atomic mass is 10.00. The van der Waals surface area contributed by atoms with E-state index in [1.54, 1.807) is 29.6 Å². The van der Waals surface area contributed by atoms with E-state index in [4.69, 9.17) is 4.42 Å². The molecule has 3 aromatic rings. The van der Waals surface area contributed by atoms with Crippen molar-refractivity contribution in [2.24, 2.45) is 0 Å². The molecule has 1 aliphatic rings. The number of ketones is 1. The van der Waals surface area contributed by atoms with Crippen LogP contribution >= 0.6 is 11.3 Å². The summed E-state index contributed by atoms with van der Waals surface area (Å²) < 4.78 is 5.52. The zero-order valence-corrected chi connectivity index (χ0v) is 15.4. The molecule has 0 aliphatic carbocycles. The highest BCUT2D eigenvalue weighted by atomic mass is 32.1. The second kappa shape index (κ2) is 6.89. The fourth-order valence-electron chi connectivity index (χ4n) is 3.25. The first kappa shape index (κ1) is 17.3. The first-order valence-corrected chi connectivity index (χ1v) is 9.47. The summed E-state index contributed by atoms with van der Waals surface area (Å²) in [7, 11) is 0. The van der Waals surface area contributed by atoms with Crippen LogP contribution in [-0.4, -0.2) is 16.8 Å². The van der Waals surface area contributed by atoms with Gasteiger partial charge < -0.3 is 9.52 Å². The number of aliphatic hydroxyl groups is 1. The molecule has 0 saturated heterocycles. The van der Waals surface area contributed by atoms with Crippen LogP contribution in [0.25, 0.3) is 0 Å². The van der Waals surface area contributed by atoms with Gasteiger partial charge in [0.2, 0.25) is 5.78 Å². The molecule has 1 atom stereocenters. The SMILES string of the molecule is CCc1ccc(N2C(=O)C(O)=C(C(=O)c3cccs3)C2c2ccco2)cc1. The maximum Gasteiger partial charge on any atom is 0.294 e. The number of aliphatic hydroxyl groups excluding tert-OH is 1. The number of benzene rings is 1. The monoisotopic (exact) mass is 379 g/mol. The molecule has 4 rings (SSSR count). The Morgan fingerprint density at radius 2 is 1.96 bits per heavy atom. The van der Waals surface area contributed by atoms with Crippen molar-refractivity contribution < 1.29 is 19.1 Å². The summed E-state index contributed by atoms with van der Waals surface area (Å²) in [6, 6.07) is 13.5. The van der Waals surface area contributed by atoms with E-state index in [-0.39, 0.29) is 11.4 Å².